The highest BCUT2D eigenvalue weighted by Crippen LogP contribution is 2.30. The van der Waals surface area contributed by atoms with Gasteiger partial charge in [-0.3, -0.25) is 0 Å². The van der Waals surface area contributed by atoms with E-state index in [-0.39, 0.29) is 5.54 Å². The van der Waals surface area contributed by atoms with Gasteiger partial charge in [0.1, 0.15) is 5.82 Å². The maximum absolute atomic E-state index is 6.40. The monoisotopic (exact) mass is 422 g/mol. The number of aryl methyl sites for hydroxylation is 1. The fourth-order valence-corrected chi connectivity index (χ4v) is 4.72. The predicted octanol–water partition coefficient (Wildman–Crippen LogP) is 3.22. The highest BCUT2D eigenvalue weighted by atomic mass is 32.2. The molecule has 1 saturated heterocycles. The summed E-state index contributed by atoms with van der Waals surface area (Å²) in [7, 11) is 0. The van der Waals surface area contributed by atoms with E-state index in [1.807, 2.05) is 24.8 Å². The molecular weight excluding hydrogens is 392 g/mol. The largest absolute Gasteiger partial charge is 0.367 e. The molecule has 0 saturated carbocycles. The van der Waals surface area contributed by atoms with Crippen LogP contribution in [0.3, 0.4) is 0 Å². The van der Waals surface area contributed by atoms with Crippen molar-refractivity contribution < 1.29 is 0 Å². The van der Waals surface area contributed by atoms with Gasteiger partial charge >= 0.3 is 0 Å². The second-order valence-corrected chi connectivity index (χ2v) is 9.21. The first-order valence-corrected chi connectivity index (χ1v) is 11.4. The summed E-state index contributed by atoms with van der Waals surface area (Å²) < 4.78 is 0. The summed E-state index contributed by atoms with van der Waals surface area (Å²) in [5, 5.41) is 7.81. The van der Waals surface area contributed by atoms with Crippen LogP contribution < -0.4 is 21.3 Å². The lowest BCUT2D eigenvalue weighted by molar-refractivity contribution is 0.297. The Kier molecular flexibility index (Phi) is 6.13. The number of thioether (sulfide) groups is 1. The van der Waals surface area contributed by atoms with Crippen LogP contribution in [0.2, 0.25) is 0 Å². The molecule has 0 radical (unpaired) electrons. The molecule has 0 amide bonds. The molecule has 0 bridgehead atoms. The predicted molar refractivity (Wildman–Crippen MR) is 129 cm³/mol. The summed E-state index contributed by atoms with van der Waals surface area (Å²) in [6.07, 6.45) is 6.19. The molecule has 4 N–H and O–H groups in total. The molecule has 3 heterocycles. The Morgan fingerprint density at radius 1 is 1.37 bits per heavy atom. The lowest BCUT2D eigenvalue weighted by atomic mass is 9.94. The average molecular weight is 423 g/mol. The molecule has 158 valence electrons. The van der Waals surface area contributed by atoms with Crippen LogP contribution in [0.5, 0.6) is 0 Å². The van der Waals surface area contributed by atoms with Crippen molar-refractivity contribution in [1.29, 1.82) is 0 Å². The maximum Gasteiger partial charge on any atom is 0.228 e. The lowest BCUT2D eigenvalue weighted by Gasteiger charge is -2.39. The minimum atomic E-state index is -0.221. The molecule has 0 unspecified atom stereocenters. The van der Waals surface area contributed by atoms with Crippen molar-refractivity contribution in [2.75, 3.05) is 48.7 Å². The third-order valence-electron chi connectivity index (χ3n) is 5.53. The molecule has 7 heteroatoms. The molecular formula is C23H30N6S. The zero-order valence-electron chi connectivity index (χ0n) is 17.7. The van der Waals surface area contributed by atoms with E-state index >= 15 is 0 Å². The van der Waals surface area contributed by atoms with Gasteiger partial charge in [-0.1, -0.05) is 36.4 Å². The zero-order valence-corrected chi connectivity index (χ0v) is 18.6. The molecule has 0 spiro atoms. The third-order valence-corrected chi connectivity index (χ3v) is 6.66. The summed E-state index contributed by atoms with van der Waals surface area (Å²) in [6, 6.07) is 6.32. The molecule has 2 aliphatic heterocycles. The van der Waals surface area contributed by atoms with Crippen molar-refractivity contribution in [3.8, 4) is 0 Å². The number of aromatic nitrogens is 2. The first kappa shape index (κ1) is 20.9. The minimum Gasteiger partial charge on any atom is -0.367 e. The number of fused-ring (bicyclic) bond motifs is 1. The smallest absolute Gasteiger partial charge is 0.228 e. The van der Waals surface area contributed by atoms with E-state index in [0.29, 0.717) is 6.54 Å². The van der Waals surface area contributed by atoms with Gasteiger partial charge in [-0.25, -0.2) is 4.98 Å². The highest BCUT2D eigenvalue weighted by molar-refractivity contribution is 8.03. The Bertz CT molecular complexity index is 1010. The number of hydrogen-bond donors (Lipinski definition) is 3. The van der Waals surface area contributed by atoms with Gasteiger partial charge in [-0.2, -0.15) is 4.98 Å². The number of hydrogen-bond acceptors (Lipinski definition) is 7. The number of nitrogens with two attached hydrogens (primary N) is 1. The second kappa shape index (κ2) is 8.79. The van der Waals surface area contributed by atoms with Gasteiger partial charge in [0.05, 0.1) is 11.1 Å². The molecule has 6 nitrogen and oxygen atoms in total. The molecule has 30 heavy (non-hydrogen) atoms. The van der Waals surface area contributed by atoms with Crippen LogP contribution in [0.1, 0.15) is 12.5 Å². The summed E-state index contributed by atoms with van der Waals surface area (Å²) in [6.45, 7) is 12.1. The fourth-order valence-electron chi connectivity index (χ4n) is 3.75. The number of rotatable bonds is 6. The molecule has 0 atom stereocenters. The number of nitrogens with zero attached hydrogens (tertiary/aromatic N) is 3. The molecule has 1 aromatic carbocycles. The molecule has 1 fully saturated rings. The average Bonchev–Trinajstić information content (AvgIpc) is 2.93. The van der Waals surface area contributed by atoms with Gasteiger partial charge in [0.2, 0.25) is 5.95 Å². The number of nitrogens with one attached hydrogen (secondary N) is 2. The van der Waals surface area contributed by atoms with E-state index in [2.05, 4.69) is 59.4 Å². The van der Waals surface area contributed by atoms with Crippen LogP contribution in [-0.4, -0.2) is 54.0 Å². The Morgan fingerprint density at radius 3 is 2.90 bits per heavy atom. The van der Waals surface area contributed by atoms with Crippen LogP contribution in [0, 0.1) is 6.92 Å². The van der Waals surface area contributed by atoms with Gasteiger partial charge < -0.3 is 21.3 Å². The Labute approximate surface area is 182 Å². The Morgan fingerprint density at radius 2 is 2.20 bits per heavy atom. The van der Waals surface area contributed by atoms with Crippen LogP contribution in [0.15, 0.2) is 53.5 Å². The van der Waals surface area contributed by atoms with Crippen molar-refractivity contribution >= 4 is 34.4 Å². The van der Waals surface area contributed by atoms with E-state index in [1.54, 1.807) is 0 Å². The summed E-state index contributed by atoms with van der Waals surface area (Å²) in [4.78, 5) is 13.4. The molecule has 1 aromatic heterocycles. The van der Waals surface area contributed by atoms with Crippen molar-refractivity contribution in [1.82, 2.24) is 15.3 Å². The van der Waals surface area contributed by atoms with Crippen molar-refractivity contribution in [3.05, 3.63) is 59.0 Å². The van der Waals surface area contributed by atoms with Crippen molar-refractivity contribution in [2.45, 2.75) is 19.4 Å². The van der Waals surface area contributed by atoms with Gasteiger partial charge in [0.25, 0.3) is 0 Å². The normalized spacial score (nSPS) is 19.1. The number of benzene rings is 1. The molecule has 4 rings (SSSR count). The van der Waals surface area contributed by atoms with Crippen molar-refractivity contribution in [3.63, 3.8) is 0 Å². The van der Waals surface area contributed by atoms with E-state index in [1.165, 1.54) is 16.0 Å². The molecule has 2 aromatic rings. The van der Waals surface area contributed by atoms with Crippen LogP contribution in [-0.2, 0) is 0 Å². The number of anilines is 2. The zero-order chi connectivity index (χ0) is 21.1. The molecule has 2 aliphatic rings. The van der Waals surface area contributed by atoms with Crippen LogP contribution >= 0.6 is 11.8 Å². The second-order valence-electron chi connectivity index (χ2n) is 8.08. The summed E-state index contributed by atoms with van der Waals surface area (Å²) in [5.41, 5.74) is 9.57. The van der Waals surface area contributed by atoms with E-state index < -0.39 is 0 Å². The molecule has 0 aliphatic carbocycles. The van der Waals surface area contributed by atoms with E-state index in [4.69, 9.17) is 15.7 Å². The first-order valence-electron chi connectivity index (χ1n) is 10.4. The fraction of sp³-hybridized carbons (Fsp3) is 0.391. The third kappa shape index (κ3) is 4.38. The SMILES string of the molecule is C=CC1=C(/C=C\C)CN(c2nc(NCC3(N)CNC3)c3cc(C)ccc3n2)CCS1. The quantitative estimate of drug-likeness (QED) is 0.660. The lowest BCUT2D eigenvalue weighted by Crippen LogP contribution is -2.68. The summed E-state index contributed by atoms with van der Waals surface area (Å²) >= 11 is 1.84. The van der Waals surface area contributed by atoms with Gasteiger partial charge in [-0.15, -0.1) is 11.8 Å². The Balaban J connectivity index is 1.70. The Hall–Kier alpha value is -2.35. The van der Waals surface area contributed by atoms with E-state index in [0.717, 1.165) is 54.6 Å². The van der Waals surface area contributed by atoms with Crippen LogP contribution in [0.25, 0.3) is 10.9 Å². The maximum atomic E-state index is 6.40. The van der Waals surface area contributed by atoms with Crippen LogP contribution in [0.4, 0.5) is 11.8 Å². The first-order chi connectivity index (χ1) is 14.5. The van der Waals surface area contributed by atoms with Gasteiger partial charge in [-0.05, 0) is 31.6 Å². The van der Waals surface area contributed by atoms with Crippen molar-refractivity contribution in [2.24, 2.45) is 5.73 Å². The standard InChI is InChI=1S/C23H30N6S/c1-4-6-17-12-29(9-10-30-20(17)5-2)22-27-19-8-7-16(3)11-18(19)21(28-22)26-15-23(24)13-25-14-23/h4-8,11,25H,2,9-10,12-15,24H2,1,3H3,(H,26,27,28)/b6-4-. The van der Waals surface area contributed by atoms with Gasteiger partial charge in [0.15, 0.2) is 0 Å². The minimum absolute atomic E-state index is 0.221. The van der Waals surface area contributed by atoms with E-state index in [9.17, 15) is 0 Å². The topological polar surface area (TPSA) is 79.1 Å². The highest BCUT2D eigenvalue weighted by Gasteiger charge is 2.32. The summed E-state index contributed by atoms with van der Waals surface area (Å²) in [5.74, 6) is 2.57. The van der Waals surface area contributed by atoms with Gasteiger partial charge in [0, 0.05) is 48.8 Å². The number of allylic oxidation sites excluding steroid dienone is 2.